The summed E-state index contributed by atoms with van der Waals surface area (Å²) >= 11 is 0. The first-order valence-corrected chi connectivity index (χ1v) is 7.63. The average molecular weight is 274 g/mol. The molecular weight excluding hydrogens is 248 g/mol. The number of carboxylic acids is 1. The molecule has 0 bridgehead atoms. The molecule has 0 heterocycles. The summed E-state index contributed by atoms with van der Waals surface area (Å²) < 4.78 is 0. The minimum Gasteiger partial charge on any atom is -0.481 e. The summed E-state index contributed by atoms with van der Waals surface area (Å²) in [6.45, 7) is 8.61. The van der Waals surface area contributed by atoms with Gasteiger partial charge in [-0.2, -0.15) is 0 Å². The molecule has 2 rings (SSSR count). The van der Waals surface area contributed by atoms with Crippen molar-refractivity contribution in [2.24, 2.45) is 5.92 Å². The van der Waals surface area contributed by atoms with Gasteiger partial charge < -0.3 is 5.11 Å². The Morgan fingerprint density at radius 2 is 2.00 bits per heavy atom. The third-order valence-electron chi connectivity index (χ3n) is 4.92. The number of carboxylic acid groups (broad SMARTS) is 1. The van der Waals surface area contributed by atoms with Crippen molar-refractivity contribution in [2.45, 2.75) is 64.2 Å². The largest absolute Gasteiger partial charge is 0.481 e. The van der Waals surface area contributed by atoms with Crippen molar-refractivity contribution in [3.8, 4) is 0 Å². The fourth-order valence-corrected chi connectivity index (χ4v) is 3.48. The minimum atomic E-state index is -0.695. The molecule has 0 saturated heterocycles. The van der Waals surface area contributed by atoms with Crippen molar-refractivity contribution in [1.82, 2.24) is 0 Å². The summed E-state index contributed by atoms with van der Waals surface area (Å²) in [7, 11) is 0. The number of benzene rings is 1. The molecule has 0 aromatic heterocycles. The fraction of sp³-hybridized carbons (Fsp3) is 0.611. The van der Waals surface area contributed by atoms with Gasteiger partial charge >= 0.3 is 5.97 Å². The van der Waals surface area contributed by atoms with Gasteiger partial charge in [0.05, 0.1) is 5.41 Å². The van der Waals surface area contributed by atoms with Crippen LogP contribution in [0.5, 0.6) is 0 Å². The van der Waals surface area contributed by atoms with Gasteiger partial charge in [0.25, 0.3) is 0 Å². The molecule has 1 aliphatic carbocycles. The maximum atomic E-state index is 12.0. The van der Waals surface area contributed by atoms with Crippen LogP contribution < -0.4 is 0 Å². The van der Waals surface area contributed by atoms with Crippen LogP contribution in [0.2, 0.25) is 0 Å². The lowest BCUT2D eigenvalue weighted by molar-refractivity contribution is -0.147. The lowest BCUT2D eigenvalue weighted by Crippen LogP contribution is -2.44. The predicted octanol–water partition coefficient (Wildman–Crippen LogP) is 4.52. The van der Waals surface area contributed by atoms with E-state index in [2.05, 4.69) is 39.8 Å². The van der Waals surface area contributed by atoms with Gasteiger partial charge in [0.15, 0.2) is 0 Å². The Morgan fingerprint density at radius 1 is 1.30 bits per heavy atom. The molecule has 1 aliphatic rings. The lowest BCUT2D eigenvalue weighted by Gasteiger charge is -2.40. The second kappa shape index (κ2) is 5.23. The molecule has 0 unspecified atom stereocenters. The Morgan fingerprint density at radius 3 is 2.55 bits per heavy atom. The number of aliphatic carboxylic acids is 1. The molecule has 2 nitrogen and oxygen atoms in total. The van der Waals surface area contributed by atoms with E-state index >= 15 is 0 Å². The minimum absolute atomic E-state index is 0.0492. The van der Waals surface area contributed by atoms with Gasteiger partial charge in [-0.05, 0) is 35.3 Å². The predicted molar refractivity (Wildman–Crippen MR) is 82.1 cm³/mol. The molecule has 0 spiro atoms. The first kappa shape index (κ1) is 15.1. The summed E-state index contributed by atoms with van der Waals surface area (Å²) in [5.41, 5.74) is 1.56. The van der Waals surface area contributed by atoms with Crippen molar-refractivity contribution in [3.05, 3.63) is 35.4 Å². The number of hydrogen-bond acceptors (Lipinski definition) is 1. The van der Waals surface area contributed by atoms with Crippen LogP contribution in [0.15, 0.2) is 24.3 Å². The van der Waals surface area contributed by atoms with E-state index in [-0.39, 0.29) is 11.3 Å². The Bertz CT molecular complexity index is 498. The van der Waals surface area contributed by atoms with Gasteiger partial charge in [-0.1, -0.05) is 64.8 Å². The van der Waals surface area contributed by atoms with Gasteiger partial charge in [0, 0.05) is 0 Å². The highest BCUT2D eigenvalue weighted by atomic mass is 16.4. The highest BCUT2D eigenvalue weighted by molar-refractivity contribution is 5.82. The van der Waals surface area contributed by atoms with E-state index in [1.807, 2.05) is 12.1 Å². The van der Waals surface area contributed by atoms with Gasteiger partial charge in [-0.15, -0.1) is 0 Å². The van der Waals surface area contributed by atoms with Crippen LogP contribution in [-0.4, -0.2) is 11.1 Å². The van der Waals surface area contributed by atoms with Crippen molar-refractivity contribution in [3.63, 3.8) is 0 Å². The van der Waals surface area contributed by atoms with Crippen LogP contribution in [0, 0.1) is 5.92 Å². The smallest absolute Gasteiger partial charge is 0.314 e. The highest BCUT2D eigenvalue weighted by Crippen LogP contribution is 2.44. The Hall–Kier alpha value is -1.31. The van der Waals surface area contributed by atoms with Crippen LogP contribution in [0.4, 0.5) is 0 Å². The van der Waals surface area contributed by atoms with Crippen molar-refractivity contribution < 1.29 is 9.90 Å². The summed E-state index contributed by atoms with van der Waals surface area (Å²) in [5, 5.41) is 9.91. The maximum Gasteiger partial charge on any atom is 0.314 e. The first-order chi connectivity index (χ1) is 9.28. The van der Waals surface area contributed by atoms with Crippen molar-refractivity contribution in [2.75, 3.05) is 0 Å². The van der Waals surface area contributed by atoms with Crippen molar-refractivity contribution in [1.29, 1.82) is 0 Å². The SMILES string of the molecule is C[C@@H]1CCCC[C@@]1(C(=O)O)c1cccc(C(C)(C)C)c1. The highest BCUT2D eigenvalue weighted by Gasteiger charge is 2.46. The van der Waals surface area contributed by atoms with Crippen LogP contribution in [0.1, 0.15) is 64.5 Å². The normalized spacial score (nSPS) is 27.3. The summed E-state index contributed by atoms with van der Waals surface area (Å²) in [6, 6.07) is 8.25. The summed E-state index contributed by atoms with van der Waals surface area (Å²) in [4.78, 5) is 12.0. The number of rotatable bonds is 2. The molecule has 0 aliphatic heterocycles. The second-order valence-corrected chi connectivity index (χ2v) is 7.25. The molecule has 1 aromatic rings. The van der Waals surface area contributed by atoms with Crippen LogP contribution in [0.3, 0.4) is 0 Å². The van der Waals surface area contributed by atoms with Crippen LogP contribution in [-0.2, 0) is 15.6 Å². The standard InChI is InChI=1S/C18H26O2/c1-13-8-5-6-11-18(13,16(19)20)15-10-7-9-14(12-15)17(2,3)4/h7,9-10,12-13H,5-6,8,11H2,1-4H3,(H,19,20)/t13-,18+/m1/s1. The quantitative estimate of drug-likeness (QED) is 0.861. The van der Waals surface area contributed by atoms with E-state index in [1.54, 1.807) is 0 Å². The van der Waals surface area contributed by atoms with E-state index in [0.29, 0.717) is 0 Å². The molecule has 1 fully saturated rings. The topological polar surface area (TPSA) is 37.3 Å². The molecular formula is C18H26O2. The zero-order valence-electron chi connectivity index (χ0n) is 13.1. The molecule has 110 valence electrons. The van der Waals surface area contributed by atoms with E-state index in [9.17, 15) is 9.90 Å². The third kappa shape index (κ3) is 2.48. The number of carbonyl (C=O) groups is 1. The van der Waals surface area contributed by atoms with Gasteiger partial charge in [-0.25, -0.2) is 0 Å². The molecule has 2 atom stereocenters. The van der Waals surface area contributed by atoms with E-state index < -0.39 is 11.4 Å². The van der Waals surface area contributed by atoms with Gasteiger partial charge in [0.1, 0.15) is 0 Å². The molecule has 20 heavy (non-hydrogen) atoms. The Labute approximate surface area is 122 Å². The molecule has 2 heteroatoms. The van der Waals surface area contributed by atoms with Gasteiger partial charge in [0.2, 0.25) is 0 Å². The molecule has 0 radical (unpaired) electrons. The average Bonchev–Trinajstić information content (AvgIpc) is 2.38. The second-order valence-electron chi connectivity index (χ2n) is 7.25. The summed E-state index contributed by atoms with van der Waals surface area (Å²) in [6.07, 6.45) is 3.93. The van der Waals surface area contributed by atoms with Gasteiger partial charge in [-0.3, -0.25) is 4.79 Å². The monoisotopic (exact) mass is 274 g/mol. The molecule has 0 amide bonds. The third-order valence-corrected chi connectivity index (χ3v) is 4.92. The van der Waals surface area contributed by atoms with E-state index in [4.69, 9.17) is 0 Å². The zero-order valence-corrected chi connectivity index (χ0v) is 13.1. The van der Waals surface area contributed by atoms with Crippen LogP contribution >= 0.6 is 0 Å². The zero-order chi connectivity index (χ0) is 15.0. The van der Waals surface area contributed by atoms with Crippen LogP contribution in [0.25, 0.3) is 0 Å². The number of hydrogen-bond donors (Lipinski definition) is 1. The van der Waals surface area contributed by atoms with E-state index in [0.717, 1.165) is 31.2 Å². The van der Waals surface area contributed by atoms with E-state index in [1.165, 1.54) is 5.56 Å². The molecule has 1 N–H and O–H groups in total. The fourth-order valence-electron chi connectivity index (χ4n) is 3.48. The molecule has 1 saturated carbocycles. The Balaban J connectivity index is 2.53. The van der Waals surface area contributed by atoms with Crippen molar-refractivity contribution >= 4 is 5.97 Å². The maximum absolute atomic E-state index is 12.0. The molecule has 1 aromatic carbocycles. The summed E-state index contributed by atoms with van der Waals surface area (Å²) in [5.74, 6) is -0.459. The first-order valence-electron chi connectivity index (χ1n) is 7.63. The lowest BCUT2D eigenvalue weighted by atomic mass is 9.62. The Kier molecular flexibility index (Phi) is 3.95.